The van der Waals surface area contributed by atoms with Gasteiger partial charge in [-0.2, -0.15) is 0 Å². The van der Waals surface area contributed by atoms with Crippen LogP contribution >= 0.6 is 0 Å². The molecule has 1 aromatic carbocycles. The maximum atomic E-state index is 13.1. The van der Waals surface area contributed by atoms with E-state index in [4.69, 9.17) is 4.74 Å². The van der Waals surface area contributed by atoms with Gasteiger partial charge in [0.15, 0.2) is 0 Å². The summed E-state index contributed by atoms with van der Waals surface area (Å²) in [7, 11) is 1.75. The number of hydrogen-bond acceptors (Lipinski definition) is 4. The number of allylic oxidation sites excluding steroid dienone is 3. The number of fused-ring (bicyclic) bond motifs is 2. The van der Waals surface area contributed by atoms with Crippen molar-refractivity contribution in [3.8, 4) is 0 Å². The summed E-state index contributed by atoms with van der Waals surface area (Å²) in [5.41, 5.74) is 3.40. The van der Waals surface area contributed by atoms with Crippen LogP contribution in [0.1, 0.15) is 37.6 Å². The molecule has 1 amide bonds. The van der Waals surface area contributed by atoms with Gasteiger partial charge in [-0.1, -0.05) is 13.8 Å². The fourth-order valence-corrected chi connectivity index (χ4v) is 4.62. The number of ether oxygens (including phenoxy) is 1. The van der Waals surface area contributed by atoms with Crippen molar-refractivity contribution >= 4 is 11.9 Å². The van der Waals surface area contributed by atoms with Gasteiger partial charge >= 0.3 is 5.97 Å². The quantitative estimate of drug-likeness (QED) is 0.777. The summed E-state index contributed by atoms with van der Waals surface area (Å²) < 4.78 is 18.8. The van der Waals surface area contributed by atoms with E-state index in [9.17, 15) is 19.1 Å². The zero-order valence-corrected chi connectivity index (χ0v) is 16.9. The van der Waals surface area contributed by atoms with E-state index >= 15 is 0 Å². The molecule has 4 atom stereocenters. The number of likely N-dealkylation sites (N-methyl/N-ethyl adjacent to an activating group) is 1. The lowest BCUT2D eigenvalue weighted by atomic mass is 9.59. The van der Waals surface area contributed by atoms with Gasteiger partial charge in [0.25, 0.3) is 5.91 Å². The van der Waals surface area contributed by atoms with Gasteiger partial charge in [-0.05, 0) is 60.9 Å². The Kier molecular flexibility index (Phi) is 4.50. The zero-order valence-electron chi connectivity index (χ0n) is 16.9. The predicted molar refractivity (Wildman–Crippen MR) is 105 cm³/mol. The Morgan fingerprint density at radius 1 is 1.31 bits per heavy atom. The summed E-state index contributed by atoms with van der Waals surface area (Å²) in [5, 5.41) is 10.7. The third kappa shape index (κ3) is 2.94. The van der Waals surface area contributed by atoms with Crippen molar-refractivity contribution in [2.45, 2.75) is 39.4 Å². The van der Waals surface area contributed by atoms with Crippen LogP contribution < -0.4 is 0 Å². The molecule has 5 nitrogen and oxygen atoms in total. The molecule has 0 bridgehead atoms. The lowest BCUT2D eigenvalue weighted by Crippen LogP contribution is -2.49. The summed E-state index contributed by atoms with van der Waals surface area (Å²) in [6.45, 7) is 5.86. The summed E-state index contributed by atoms with van der Waals surface area (Å²) in [6.07, 6.45) is 2.60. The smallest absolute Gasteiger partial charge is 0.338 e. The van der Waals surface area contributed by atoms with E-state index in [2.05, 4.69) is 6.92 Å². The molecule has 0 saturated carbocycles. The molecule has 4 unspecified atom stereocenters. The summed E-state index contributed by atoms with van der Waals surface area (Å²) in [4.78, 5) is 26.6. The number of aliphatic hydroxyl groups is 1. The molecule has 6 heteroatoms. The Balaban J connectivity index is 1.66. The molecule has 1 aliphatic heterocycles. The molecule has 0 saturated heterocycles. The number of amides is 1. The molecule has 1 N–H and O–H groups in total. The van der Waals surface area contributed by atoms with Crippen LogP contribution in [0.5, 0.6) is 0 Å². The van der Waals surface area contributed by atoms with Crippen molar-refractivity contribution in [3.05, 3.63) is 70.2 Å². The maximum Gasteiger partial charge on any atom is 0.338 e. The predicted octanol–water partition coefficient (Wildman–Crippen LogP) is 3.37. The largest absolute Gasteiger partial charge is 0.455 e. The third-order valence-electron chi connectivity index (χ3n) is 6.75. The van der Waals surface area contributed by atoms with E-state index in [-0.39, 0.29) is 17.4 Å². The second kappa shape index (κ2) is 6.66. The summed E-state index contributed by atoms with van der Waals surface area (Å²) in [6, 6.07) is 5.13. The highest BCUT2D eigenvalue weighted by Crippen LogP contribution is 2.54. The second-order valence-electron chi connectivity index (χ2n) is 8.37. The van der Waals surface area contributed by atoms with Gasteiger partial charge in [0, 0.05) is 29.7 Å². The minimum atomic E-state index is -0.969. The summed E-state index contributed by atoms with van der Waals surface area (Å²) in [5.74, 6) is -1.24. The van der Waals surface area contributed by atoms with E-state index in [1.807, 2.05) is 19.9 Å². The van der Waals surface area contributed by atoms with Crippen LogP contribution in [-0.2, 0) is 9.53 Å². The molecule has 0 aromatic heterocycles. The number of esters is 1. The van der Waals surface area contributed by atoms with E-state index < -0.39 is 29.4 Å². The van der Waals surface area contributed by atoms with Crippen LogP contribution in [-0.4, -0.2) is 41.1 Å². The normalized spacial score (nSPS) is 31.2. The summed E-state index contributed by atoms with van der Waals surface area (Å²) >= 11 is 0. The first-order valence-electron chi connectivity index (χ1n) is 9.70. The zero-order chi connectivity index (χ0) is 21.1. The van der Waals surface area contributed by atoms with Gasteiger partial charge in [-0.3, -0.25) is 4.79 Å². The van der Waals surface area contributed by atoms with Crippen molar-refractivity contribution in [2.24, 2.45) is 11.3 Å². The average molecular weight is 397 g/mol. The third-order valence-corrected chi connectivity index (χ3v) is 6.75. The van der Waals surface area contributed by atoms with Crippen LogP contribution in [0, 0.1) is 17.2 Å². The van der Waals surface area contributed by atoms with Crippen molar-refractivity contribution in [1.29, 1.82) is 0 Å². The first-order valence-corrected chi connectivity index (χ1v) is 9.70. The van der Waals surface area contributed by atoms with Crippen LogP contribution in [0.25, 0.3) is 0 Å². The van der Waals surface area contributed by atoms with Gasteiger partial charge in [-0.25, -0.2) is 9.18 Å². The number of carbonyl (C=O) groups is 2. The number of nitrogens with zero attached hydrogens (tertiary/aromatic N) is 1. The van der Waals surface area contributed by atoms with E-state index in [0.29, 0.717) is 6.42 Å². The minimum absolute atomic E-state index is 0.0124. The number of hydrogen-bond donors (Lipinski definition) is 1. The first kappa shape index (κ1) is 19.6. The van der Waals surface area contributed by atoms with Crippen LogP contribution in [0.3, 0.4) is 0 Å². The highest BCUT2D eigenvalue weighted by atomic mass is 19.1. The van der Waals surface area contributed by atoms with Gasteiger partial charge in [0.2, 0.25) is 0 Å². The molecule has 0 fully saturated rings. The van der Waals surface area contributed by atoms with E-state index in [0.717, 1.165) is 22.4 Å². The SMILES string of the molecule is CC1=C2CC3(C)C(=CC(O)C(OC(=O)c4ccc(F)cc4)C3C)C=C2N(C)C1=O. The molecule has 2 aliphatic carbocycles. The Bertz CT molecular complexity index is 991. The van der Waals surface area contributed by atoms with Crippen LogP contribution in [0.2, 0.25) is 0 Å². The molecule has 0 radical (unpaired) electrons. The van der Waals surface area contributed by atoms with Gasteiger partial charge in [-0.15, -0.1) is 0 Å². The van der Waals surface area contributed by atoms with Gasteiger partial charge < -0.3 is 14.7 Å². The molecular weight excluding hydrogens is 373 g/mol. The fourth-order valence-electron chi connectivity index (χ4n) is 4.62. The molecule has 1 heterocycles. The van der Waals surface area contributed by atoms with Crippen LogP contribution in [0.4, 0.5) is 4.39 Å². The lowest BCUT2D eigenvalue weighted by molar-refractivity contribution is -0.123. The second-order valence-corrected chi connectivity index (χ2v) is 8.37. The Morgan fingerprint density at radius 3 is 2.62 bits per heavy atom. The number of rotatable bonds is 2. The molecular formula is C23H24FNO4. The van der Waals surface area contributed by atoms with Gasteiger partial charge in [0.05, 0.1) is 5.56 Å². The van der Waals surface area contributed by atoms with E-state index in [1.165, 1.54) is 24.3 Å². The van der Waals surface area contributed by atoms with Gasteiger partial charge in [0.1, 0.15) is 18.0 Å². The topological polar surface area (TPSA) is 66.8 Å². The Morgan fingerprint density at radius 2 is 1.97 bits per heavy atom. The number of carbonyl (C=O) groups excluding carboxylic acids is 2. The van der Waals surface area contributed by atoms with Crippen molar-refractivity contribution in [3.63, 3.8) is 0 Å². The number of halogens is 1. The standard InChI is InChI=1S/C23H24FNO4/c1-12-17-11-23(3)13(2)20(29-22(28)14-5-7-16(24)8-6-14)19(26)10-15(23)9-18(17)25(4)21(12)27/h5-10,13,19-20,26H,11H2,1-4H3. The van der Waals surface area contributed by atoms with E-state index in [1.54, 1.807) is 18.0 Å². The maximum absolute atomic E-state index is 13.1. The number of aliphatic hydroxyl groups excluding tert-OH is 1. The lowest BCUT2D eigenvalue weighted by Gasteiger charge is -2.48. The van der Waals surface area contributed by atoms with Crippen LogP contribution in [0.15, 0.2) is 58.8 Å². The van der Waals surface area contributed by atoms with Crippen molar-refractivity contribution < 1.29 is 23.8 Å². The highest BCUT2D eigenvalue weighted by molar-refractivity contribution is 6.00. The molecule has 152 valence electrons. The molecule has 1 aromatic rings. The highest BCUT2D eigenvalue weighted by Gasteiger charge is 2.50. The Labute approximate surface area is 169 Å². The molecule has 4 rings (SSSR count). The first-order chi connectivity index (χ1) is 13.6. The monoisotopic (exact) mass is 397 g/mol. The Hall–Kier alpha value is -2.73. The average Bonchev–Trinajstić information content (AvgIpc) is 2.89. The van der Waals surface area contributed by atoms with Crippen molar-refractivity contribution in [2.75, 3.05) is 7.05 Å². The fraction of sp³-hybridized carbons (Fsp3) is 0.391. The molecule has 3 aliphatic rings. The number of benzene rings is 1. The minimum Gasteiger partial charge on any atom is -0.455 e. The van der Waals surface area contributed by atoms with Crippen molar-refractivity contribution in [1.82, 2.24) is 4.90 Å². The molecule has 29 heavy (non-hydrogen) atoms. The molecule has 0 spiro atoms.